The number of nitriles is 1. The Morgan fingerprint density at radius 1 is 1.33 bits per heavy atom. The number of rotatable bonds is 6. The van der Waals surface area contributed by atoms with Crippen LogP contribution in [0.2, 0.25) is 0 Å². The molecule has 0 spiro atoms. The Kier molecular flexibility index (Phi) is 3.34. The third kappa shape index (κ3) is 2.17. The van der Waals surface area contributed by atoms with E-state index in [2.05, 4.69) is 23.2 Å². The van der Waals surface area contributed by atoms with Gasteiger partial charge in [-0.15, -0.1) is 0 Å². The van der Waals surface area contributed by atoms with Crippen molar-refractivity contribution in [3.63, 3.8) is 0 Å². The van der Waals surface area contributed by atoms with E-state index in [-0.39, 0.29) is 5.54 Å². The zero-order valence-corrected chi connectivity index (χ0v) is 11.5. The van der Waals surface area contributed by atoms with Gasteiger partial charge in [-0.2, -0.15) is 5.26 Å². The largest absolute Gasteiger partial charge is 0.298 e. The summed E-state index contributed by atoms with van der Waals surface area (Å²) in [6.07, 6.45) is 7.78. The highest BCUT2D eigenvalue weighted by atomic mass is 15.2. The van der Waals surface area contributed by atoms with Crippen molar-refractivity contribution >= 4 is 0 Å². The molecule has 2 saturated carbocycles. The first-order valence-corrected chi connectivity index (χ1v) is 7.67. The molecular formula is C15H25N3. The van der Waals surface area contributed by atoms with Crippen molar-refractivity contribution in [2.75, 3.05) is 19.6 Å². The van der Waals surface area contributed by atoms with Gasteiger partial charge in [0.2, 0.25) is 0 Å². The summed E-state index contributed by atoms with van der Waals surface area (Å²) in [5, 5.41) is 13.3. The molecule has 1 heterocycles. The average Bonchev–Trinajstić information content (AvgIpc) is 3.06. The lowest BCUT2D eigenvalue weighted by molar-refractivity contribution is 0.157. The molecule has 0 aromatic rings. The summed E-state index contributed by atoms with van der Waals surface area (Å²) in [6.45, 7) is 5.37. The standard InChI is InChI=1S/C15H25N3/c1-2-7-17-15(10-16,13-4-5-13)11-18-9-12-3-6-14(18)8-12/h12-14,17H,2-9,11H2,1H3. The summed E-state index contributed by atoms with van der Waals surface area (Å²) < 4.78 is 0. The van der Waals surface area contributed by atoms with Gasteiger partial charge in [0.1, 0.15) is 5.54 Å². The Morgan fingerprint density at radius 2 is 2.17 bits per heavy atom. The molecule has 0 amide bonds. The molecule has 0 radical (unpaired) electrons. The maximum atomic E-state index is 9.70. The Morgan fingerprint density at radius 3 is 2.67 bits per heavy atom. The monoisotopic (exact) mass is 247 g/mol. The van der Waals surface area contributed by atoms with Crippen molar-refractivity contribution < 1.29 is 0 Å². The second-order valence-electron chi connectivity index (χ2n) is 6.55. The van der Waals surface area contributed by atoms with Crippen LogP contribution in [0, 0.1) is 23.2 Å². The fourth-order valence-corrected chi connectivity index (χ4v) is 3.96. The first-order chi connectivity index (χ1) is 8.77. The number of hydrogen-bond acceptors (Lipinski definition) is 3. The van der Waals surface area contributed by atoms with Crippen LogP contribution in [0.15, 0.2) is 0 Å². The molecule has 18 heavy (non-hydrogen) atoms. The first-order valence-electron chi connectivity index (χ1n) is 7.67. The molecule has 3 nitrogen and oxygen atoms in total. The van der Waals surface area contributed by atoms with Crippen LogP contribution >= 0.6 is 0 Å². The van der Waals surface area contributed by atoms with Gasteiger partial charge in [-0.05, 0) is 56.9 Å². The Bertz CT molecular complexity index is 344. The van der Waals surface area contributed by atoms with E-state index in [1.165, 1.54) is 38.6 Å². The van der Waals surface area contributed by atoms with Crippen molar-refractivity contribution in [2.24, 2.45) is 11.8 Å². The van der Waals surface area contributed by atoms with E-state index >= 15 is 0 Å². The molecule has 3 atom stereocenters. The Labute approximate surface area is 111 Å². The van der Waals surface area contributed by atoms with Crippen molar-refractivity contribution in [3.8, 4) is 6.07 Å². The minimum Gasteiger partial charge on any atom is -0.298 e. The number of nitrogens with one attached hydrogen (secondary N) is 1. The molecule has 3 heteroatoms. The zero-order valence-electron chi connectivity index (χ0n) is 11.5. The third-order valence-electron chi connectivity index (χ3n) is 5.14. The van der Waals surface area contributed by atoms with Gasteiger partial charge in [0, 0.05) is 19.1 Å². The Balaban J connectivity index is 1.67. The molecule has 0 aromatic carbocycles. The van der Waals surface area contributed by atoms with E-state index in [1.807, 2.05) is 0 Å². The Hall–Kier alpha value is -0.590. The van der Waals surface area contributed by atoms with Gasteiger partial charge >= 0.3 is 0 Å². The van der Waals surface area contributed by atoms with E-state index in [0.29, 0.717) is 5.92 Å². The smallest absolute Gasteiger partial charge is 0.122 e. The van der Waals surface area contributed by atoms with Crippen LogP contribution in [0.5, 0.6) is 0 Å². The van der Waals surface area contributed by atoms with Crippen LogP contribution in [0.1, 0.15) is 45.4 Å². The summed E-state index contributed by atoms with van der Waals surface area (Å²) in [6, 6.07) is 3.43. The molecule has 0 aromatic heterocycles. The van der Waals surface area contributed by atoms with Crippen LogP contribution < -0.4 is 5.32 Å². The van der Waals surface area contributed by atoms with Crippen molar-refractivity contribution in [3.05, 3.63) is 0 Å². The lowest BCUT2D eigenvalue weighted by Crippen LogP contribution is -2.56. The lowest BCUT2D eigenvalue weighted by atomic mass is 9.93. The second kappa shape index (κ2) is 4.83. The normalized spacial score (nSPS) is 34.4. The van der Waals surface area contributed by atoms with Crippen LogP contribution in [-0.2, 0) is 0 Å². The predicted molar refractivity (Wildman–Crippen MR) is 72.1 cm³/mol. The summed E-state index contributed by atoms with van der Waals surface area (Å²) >= 11 is 0. The highest BCUT2D eigenvalue weighted by Gasteiger charge is 2.49. The molecule has 2 aliphatic carbocycles. The SMILES string of the molecule is CCCNC(C#N)(CN1CC2CCC1C2)C1CC1. The van der Waals surface area contributed by atoms with Gasteiger partial charge < -0.3 is 0 Å². The molecular weight excluding hydrogens is 222 g/mol. The van der Waals surface area contributed by atoms with E-state index in [9.17, 15) is 5.26 Å². The molecule has 1 N–H and O–H groups in total. The van der Waals surface area contributed by atoms with Gasteiger partial charge in [0.25, 0.3) is 0 Å². The van der Waals surface area contributed by atoms with E-state index < -0.39 is 0 Å². The molecule has 2 bridgehead atoms. The molecule has 1 saturated heterocycles. The first kappa shape index (κ1) is 12.4. The summed E-state index contributed by atoms with van der Waals surface area (Å²) in [4.78, 5) is 2.61. The fourth-order valence-electron chi connectivity index (χ4n) is 3.96. The van der Waals surface area contributed by atoms with Crippen LogP contribution in [0.3, 0.4) is 0 Å². The van der Waals surface area contributed by atoms with Gasteiger partial charge in [0.05, 0.1) is 6.07 Å². The van der Waals surface area contributed by atoms with Crippen LogP contribution in [0.4, 0.5) is 0 Å². The number of hydrogen-bond donors (Lipinski definition) is 1. The number of fused-ring (bicyclic) bond motifs is 2. The predicted octanol–water partition coefficient (Wildman–Crippen LogP) is 2.14. The molecule has 3 unspecified atom stereocenters. The van der Waals surface area contributed by atoms with Crippen LogP contribution in [-0.4, -0.2) is 36.1 Å². The van der Waals surface area contributed by atoms with Crippen molar-refractivity contribution in [2.45, 2.75) is 57.0 Å². The zero-order chi connectivity index (χ0) is 12.6. The van der Waals surface area contributed by atoms with Gasteiger partial charge in [0.15, 0.2) is 0 Å². The highest BCUT2D eigenvalue weighted by molar-refractivity contribution is 5.17. The number of nitrogens with zero attached hydrogens (tertiary/aromatic N) is 2. The number of piperidine rings is 1. The van der Waals surface area contributed by atoms with Crippen molar-refractivity contribution in [1.82, 2.24) is 10.2 Å². The number of likely N-dealkylation sites (tertiary alicyclic amines) is 1. The summed E-state index contributed by atoms with van der Waals surface area (Å²) in [5.41, 5.74) is -0.250. The molecule has 3 rings (SSSR count). The summed E-state index contributed by atoms with van der Waals surface area (Å²) in [5.74, 6) is 1.53. The molecule has 3 aliphatic rings. The molecule has 100 valence electrons. The third-order valence-corrected chi connectivity index (χ3v) is 5.14. The molecule has 1 aliphatic heterocycles. The fraction of sp³-hybridized carbons (Fsp3) is 0.933. The van der Waals surface area contributed by atoms with E-state index in [4.69, 9.17) is 0 Å². The van der Waals surface area contributed by atoms with Gasteiger partial charge in [-0.1, -0.05) is 6.92 Å². The second-order valence-corrected chi connectivity index (χ2v) is 6.55. The highest BCUT2D eigenvalue weighted by Crippen LogP contribution is 2.43. The minimum absolute atomic E-state index is 0.250. The lowest BCUT2D eigenvalue weighted by Gasteiger charge is -2.36. The van der Waals surface area contributed by atoms with E-state index in [1.54, 1.807) is 0 Å². The van der Waals surface area contributed by atoms with Gasteiger partial charge in [-0.25, -0.2) is 0 Å². The topological polar surface area (TPSA) is 39.1 Å². The maximum Gasteiger partial charge on any atom is 0.122 e. The molecule has 3 fully saturated rings. The minimum atomic E-state index is -0.250. The van der Waals surface area contributed by atoms with E-state index in [0.717, 1.165) is 31.5 Å². The average molecular weight is 247 g/mol. The quantitative estimate of drug-likeness (QED) is 0.781. The van der Waals surface area contributed by atoms with Crippen molar-refractivity contribution in [1.29, 1.82) is 5.26 Å². The maximum absolute atomic E-state index is 9.70. The van der Waals surface area contributed by atoms with Gasteiger partial charge in [-0.3, -0.25) is 10.2 Å². The van der Waals surface area contributed by atoms with Crippen LogP contribution in [0.25, 0.3) is 0 Å². The summed E-state index contributed by atoms with van der Waals surface area (Å²) in [7, 11) is 0.